The third-order valence-electron chi connectivity index (χ3n) is 9.16. The number of fused-ring (bicyclic) bond motifs is 1. The second-order valence-electron chi connectivity index (χ2n) is 11.2. The Kier molecular flexibility index (Phi) is 8.25. The first-order valence-corrected chi connectivity index (χ1v) is 12.8. The Morgan fingerprint density at radius 3 is 2.50 bits per heavy atom. The van der Waals surface area contributed by atoms with Gasteiger partial charge in [0.1, 0.15) is 0 Å². The smallest absolute Gasteiger partial charge is 0.225 e. The predicted octanol–water partition coefficient (Wildman–Crippen LogP) is 3.88. The molecule has 0 unspecified atom stereocenters. The number of nitrogens with one attached hydrogen (secondary N) is 1. The molecule has 3 saturated carbocycles. The summed E-state index contributed by atoms with van der Waals surface area (Å²) in [6.45, 7) is 6.83. The first-order valence-electron chi connectivity index (χ1n) is 12.8. The van der Waals surface area contributed by atoms with Crippen molar-refractivity contribution >= 4 is 11.8 Å². The first-order chi connectivity index (χ1) is 15.2. The molecular weight excluding hydrogens is 402 g/mol. The minimum Gasteiger partial charge on any atom is -0.392 e. The van der Waals surface area contributed by atoms with E-state index in [4.69, 9.17) is 5.26 Å². The Hall–Kier alpha value is -1.61. The van der Waals surface area contributed by atoms with Gasteiger partial charge in [0.15, 0.2) is 0 Å². The highest BCUT2D eigenvalue weighted by Gasteiger charge is 2.54. The fourth-order valence-corrected chi connectivity index (χ4v) is 7.02. The van der Waals surface area contributed by atoms with E-state index in [1.165, 1.54) is 6.42 Å². The molecule has 0 aromatic rings. The summed E-state index contributed by atoms with van der Waals surface area (Å²) in [5.41, 5.74) is 0.0525. The molecule has 3 aliphatic carbocycles. The normalized spacial score (nSPS) is 36.4. The lowest BCUT2D eigenvalue weighted by atomic mass is 9.51. The Morgan fingerprint density at radius 1 is 1.19 bits per heavy atom. The standard InChI is InChI=1S/C26H43N3O3/c1-17(25(32)29(4)16-8-15-27)20-11-13-26(3)14-12-21(18(2)22(26)23(20)30)28-24(31)19-9-6-5-7-10-19/h17-23,30H,5-14,16H2,1-4H3,(H,28,31)/t17-,18+,20-,21-,22+,23-,26-/m0/s1. The molecule has 3 rings (SSSR count). The zero-order chi connectivity index (χ0) is 23.5. The van der Waals surface area contributed by atoms with Crippen LogP contribution in [0.3, 0.4) is 0 Å². The molecule has 0 heterocycles. The van der Waals surface area contributed by atoms with Crippen LogP contribution in [0.4, 0.5) is 0 Å². The minimum absolute atomic E-state index is 0.0125. The summed E-state index contributed by atoms with van der Waals surface area (Å²) >= 11 is 0. The fraction of sp³-hybridized carbons (Fsp3) is 0.885. The van der Waals surface area contributed by atoms with Crippen molar-refractivity contribution in [2.75, 3.05) is 13.6 Å². The molecule has 3 aliphatic rings. The molecule has 0 radical (unpaired) electrons. The number of amides is 2. The van der Waals surface area contributed by atoms with Crippen LogP contribution in [0.15, 0.2) is 0 Å². The topological polar surface area (TPSA) is 93.4 Å². The third kappa shape index (κ3) is 5.14. The van der Waals surface area contributed by atoms with Crippen molar-refractivity contribution in [1.29, 1.82) is 5.26 Å². The van der Waals surface area contributed by atoms with Crippen molar-refractivity contribution in [3.63, 3.8) is 0 Å². The number of hydrogen-bond acceptors (Lipinski definition) is 4. The van der Waals surface area contributed by atoms with E-state index in [1.54, 1.807) is 11.9 Å². The van der Waals surface area contributed by atoms with Crippen LogP contribution in [-0.4, -0.2) is 47.6 Å². The second-order valence-corrected chi connectivity index (χ2v) is 11.2. The number of hydrogen-bond donors (Lipinski definition) is 2. The molecule has 32 heavy (non-hydrogen) atoms. The predicted molar refractivity (Wildman–Crippen MR) is 124 cm³/mol. The molecule has 7 atom stereocenters. The molecule has 0 aromatic heterocycles. The Balaban J connectivity index is 1.68. The molecule has 0 aliphatic heterocycles. The number of nitriles is 1. The molecule has 6 nitrogen and oxygen atoms in total. The van der Waals surface area contributed by atoms with Crippen molar-refractivity contribution in [2.45, 2.75) is 97.1 Å². The second kappa shape index (κ2) is 10.5. The minimum atomic E-state index is -0.554. The summed E-state index contributed by atoms with van der Waals surface area (Å²) in [5, 5.41) is 23.7. The largest absolute Gasteiger partial charge is 0.392 e. The summed E-state index contributed by atoms with van der Waals surface area (Å²) in [7, 11) is 1.75. The monoisotopic (exact) mass is 445 g/mol. The fourth-order valence-electron chi connectivity index (χ4n) is 7.02. The maximum atomic E-state index is 12.9. The summed E-state index contributed by atoms with van der Waals surface area (Å²) in [6.07, 6.45) is 9.12. The molecule has 0 aromatic carbocycles. The number of carbonyl (C=O) groups excluding carboxylic acids is 2. The van der Waals surface area contributed by atoms with Gasteiger partial charge in [-0.15, -0.1) is 0 Å². The molecule has 2 N–H and O–H groups in total. The summed E-state index contributed by atoms with van der Waals surface area (Å²) in [6, 6.07) is 2.19. The van der Waals surface area contributed by atoms with Crippen LogP contribution in [-0.2, 0) is 9.59 Å². The van der Waals surface area contributed by atoms with E-state index < -0.39 is 6.10 Å². The highest BCUT2D eigenvalue weighted by atomic mass is 16.3. The van der Waals surface area contributed by atoms with Gasteiger partial charge in [0, 0.05) is 31.5 Å². The zero-order valence-corrected chi connectivity index (χ0v) is 20.5. The molecular formula is C26H43N3O3. The molecule has 0 bridgehead atoms. The van der Waals surface area contributed by atoms with Gasteiger partial charge in [0.2, 0.25) is 11.8 Å². The number of rotatable bonds is 6. The van der Waals surface area contributed by atoms with E-state index in [0.717, 1.165) is 51.4 Å². The first kappa shape index (κ1) is 25.0. The number of aliphatic hydroxyl groups excluding tert-OH is 1. The van der Waals surface area contributed by atoms with Crippen LogP contribution < -0.4 is 5.32 Å². The van der Waals surface area contributed by atoms with Crippen molar-refractivity contribution in [2.24, 2.45) is 35.0 Å². The van der Waals surface area contributed by atoms with E-state index in [2.05, 4.69) is 25.2 Å². The van der Waals surface area contributed by atoms with Crippen molar-refractivity contribution in [1.82, 2.24) is 10.2 Å². The molecule has 6 heteroatoms. The molecule has 180 valence electrons. The lowest BCUT2D eigenvalue weighted by molar-refractivity contribution is -0.150. The van der Waals surface area contributed by atoms with Crippen LogP contribution >= 0.6 is 0 Å². The van der Waals surface area contributed by atoms with E-state index in [0.29, 0.717) is 13.0 Å². The Bertz CT molecular complexity index is 714. The van der Waals surface area contributed by atoms with Gasteiger partial charge in [-0.1, -0.05) is 40.0 Å². The SMILES string of the molecule is C[C@H]1[C@@H]2[C@@H](O)[C@H]([C@H](C)C(=O)N(C)CCC#N)CC[C@@]2(C)CC[C@@H]1NC(=O)C1CCCCC1. The van der Waals surface area contributed by atoms with Gasteiger partial charge in [0.25, 0.3) is 0 Å². The molecule has 0 saturated heterocycles. The quantitative estimate of drug-likeness (QED) is 0.649. The summed E-state index contributed by atoms with van der Waals surface area (Å²) in [4.78, 5) is 27.5. The lowest BCUT2D eigenvalue weighted by Crippen LogP contribution is -2.59. The van der Waals surface area contributed by atoms with E-state index in [9.17, 15) is 14.7 Å². The van der Waals surface area contributed by atoms with Crippen LogP contribution in [0.5, 0.6) is 0 Å². The van der Waals surface area contributed by atoms with Crippen molar-refractivity contribution in [3.8, 4) is 6.07 Å². The highest BCUT2D eigenvalue weighted by Crippen LogP contribution is 2.55. The van der Waals surface area contributed by atoms with Gasteiger partial charge in [0.05, 0.1) is 18.6 Å². The van der Waals surface area contributed by atoms with Crippen LogP contribution in [0.25, 0.3) is 0 Å². The third-order valence-corrected chi connectivity index (χ3v) is 9.16. The number of aliphatic hydroxyl groups is 1. The molecule has 0 spiro atoms. The summed E-state index contributed by atoms with van der Waals surface area (Å²) in [5.74, 6) is 0.259. The molecule has 3 fully saturated rings. The van der Waals surface area contributed by atoms with Gasteiger partial charge in [-0.05, 0) is 61.7 Å². The summed E-state index contributed by atoms with van der Waals surface area (Å²) < 4.78 is 0. The van der Waals surface area contributed by atoms with E-state index >= 15 is 0 Å². The highest BCUT2D eigenvalue weighted by molar-refractivity contribution is 5.79. The Morgan fingerprint density at radius 2 is 1.84 bits per heavy atom. The average Bonchev–Trinajstić information content (AvgIpc) is 2.79. The zero-order valence-electron chi connectivity index (χ0n) is 20.5. The van der Waals surface area contributed by atoms with Crippen molar-refractivity contribution < 1.29 is 14.7 Å². The average molecular weight is 446 g/mol. The lowest BCUT2D eigenvalue weighted by Gasteiger charge is -2.56. The van der Waals surface area contributed by atoms with Gasteiger partial charge in [-0.25, -0.2) is 0 Å². The van der Waals surface area contributed by atoms with E-state index in [-0.39, 0.29) is 52.9 Å². The van der Waals surface area contributed by atoms with Gasteiger partial charge in [-0.2, -0.15) is 5.26 Å². The van der Waals surface area contributed by atoms with Crippen LogP contribution in [0, 0.1) is 46.3 Å². The van der Waals surface area contributed by atoms with Gasteiger partial charge < -0.3 is 15.3 Å². The molecule has 2 amide bonds. The van der Waals surface area contributed by atoms with Crippen LogP contribution in [0.2, 0.25) is 0 Å². The van der Waals surface area contributed by atoms with Crippen molar-refractivity contribution in [3.05, 3.63) is 0 Å². The van der Waals surface area contributed by atoms with Gasteiger partial charge >= 0.3 is 0 Å². The van der Waals surface area contributed by atoms with E-state index in [1.807, 2.05) is 6.92 Å². The maximum absolute atomic E-state index is 12.9. The maximum Gasteiger partial charge on any atom is 0.225 e. The van der Waals surface area contributed by atoms with Crippen LogP contribution in [0.1, 0.15) is 85.0 Å². The number of carbonyl (C=O) groups is 2. The van der Waals surface area contributed by atoms with Gasteiger partial charge in [-0.3, -0.25) is 9.59 Å². The number of nitrogens with zero attached hydrogens (tertiary/aromatic N) is 2. The Labute approximate surface area is 194 Å².